The molecule has 9 heteroatoms. The maximum Gasteiger partial charge on any atom is 0.253 e. The molecule has 2 heterocycles. The normalized spacial score (nSPS) is 15.2. The maximum atomic E-state index is 13.8. The van der Waals surface area contributed by atoms with Crippen LogP contribution in [0, 0.1) is 0 Å². The van der Waals surface area contributed by atoms with E-state index in [1.807, 2.05) is 0 Å². The molecule has 1 fully saturated rings. The lowest BCUT2D eigenvalue weighted by molar-refractivity contribution is 0.0827. The number of carbonyl (C=O) groups is 1. The summed E-state index contributed by atoms with van der Waals surface area (Å²) in [5.74, 6) is 0.435. The molecular weight excluding hydrogens is 452 g/mol. The SMILES string of the molecule is COc1ccc(S(=O)(=O)c2cnc3ccc(C(=O)N(C)C)cc3c2N2CCCN(C)CC2)cc1. The van der Waals surface area contributed by atoms with Gasteiger partial charge < -0.3 is 19.4 Å². The van der Waals surface area contributed by atoms with Crippen molar-refractivity contribution in [3.63, 3.8) is 0 Å². The van der Waals surface area contributed by atoms with E-state index in [9.17, 15) is 13.2 Å². The molecule has 1 aliphatic rings. The largest absolute Gasteiger partial charge is 0.497 e. The van der Waals surface area contributed by atoms with E-state index in [4.69, 9.17) is 4.74 Å². The number of pyridine rings is 1. The highest BCUT2D eigenvalue weighted by Crippen LogP contribution is 2.37. The third-order valence-electron chi connectivity index (χ3n) is 6.15. The van der Waals surface area contributed by atoms with E-state index in [1.165, 1.54) is 18.2 Å². The highest BCUT2D eigenvalue weighted by Gasteiger charge is 2.28. The second-order valence-electron chi connectivity index (χ2n) is 8.73. The Morgan fingerprint density at radius 3 is 2.44 bits per heavy atom. The Morgan fingerprint density at radius 2 is 1.76 bits per heavy atom. The number of likely N-dealkylation sites (N-methyl/N-ethyl adjacent to an activating group) is 1. The first kappa shape index (κ1) is 24.0. The Balaban J connectivity index is 1.95. The zero-order valence-corrected chi connectivity index (χ0v) is 20.8. The third kappa shape index (κ3) is 4.58. The topological polar surface area (TPSA) is 83.0 Å². The molecule has 0 aliphatic carbocycles. The van der Waals surface area contributed by atoms with Crippen molar-refractivity contribution in [2.45, 2.75) is 16.2 Å². The van der Waals surface area contributed by atoms with E-state index < -0.39 is 9.84 Å². The summed E-state index contributed by atoms with van der Waals surface area (Å²) in [6.45, 7) is 3.12. The molecular formula is C25H30N4O4S. The third-order valence-corrected chi connectivity index (χ3v) is 7.92. The molecule has 8 nitrogen and oxygen atoms in total. The highest BCUT2D eigenvalue weighted by atomic mass is 32.2. The molecule has 0 radical (unpaired) electrons. The van der Waals surface area contributed by atoms with Gasteiger partial charge in [0.05, 0.1) is 23.2 Å². The van der Waals surface area contributed by atoms with Crippen LogP contribution >= 0.6 is 0 Å². The van der Waals surface area contributed by atoms with Crippen molar-refractivity contribution in [3.8, 4) is 5.75 Å². The number of anilines is 1. The van der Waals surface area contributed by atoms with Gasteiger partial charge in [-0.15, -0.1) is 0 Å². The molecule has 1 saturated heterocycles. The lowest BCUT2D eigenvalue weighted by Gasteiger charge is -2.27. The molecule has 3 aromatic rings. The number of ether oxygens (including phenoxy) is 1. The molecule has 0 atom stereocenters. The summed E-state index contributed by atoms with van der Waals surface area (Å²) in [7, 11) is 3.12. The number of rotatable bonds is 5. The Morgan fingerprint density at radius 1 is 1.03 bits per heavy atom. The molecule has 1 aromatic heterocycles. The number of hydrogen-bond acceptors (Lipinski definition) is 7. The van der Waals surface area contributed by atoms with Crippen molar-refractivity contribution < 1.29 is 17.9 Å². The van der Waals surface area contributed by atoms with Gasteiger partial charge in [-0.1, -0.05) is 0 Å². The fraction of sp³-hybridized carbons (Fsp3) is 0.360. The molecule has 180 valence electrons. The number of aromatic nitrogens is 1. The molecule has 0 saturated carbocycles. The van der Waals surface area contributed by atoms with Crippen LogP contribution in [0.25, 0.3) is 10.9 Å². The van der Waals surface area contributed by atoms with Gasteiger partial charge in [-0.3, -0.25) is 9.78 Å². The second kappa shape index (κ2) is 9.60. The van der Waals surface area contributed by atoms with Crippen LogP contribution in [0.5, 0.6) is 5.75 Å². The molecule has 0 bridgehead atoms. The Bertz CT molecular complexity index is 1310. The Labute approximate surface area is 200 Å². The molecule has 0 spiro atoms. The van der Waals surface area contributed by atoms with Gasteiger partial charge in [-0.25, -0.2) is 8.42 Å². The lowest BCUT2D eigenvalue weighted by atomic mass is 10.1. The van der Waals surface area contributed by atoms with Gasteiger partial charge in [0, 0.05) is 50.9 Å². The van der Waals surface area contributed by atoms with Gasteiger partial charge in [0.1, 0.15) is 10.6 Å². The first-order valence-corrected chi connectivity index (χ1v) is 12.7. The van der Waals surface area contributed by atoms with E-state index in [-0.39, 0.29) is 15.7 Å². The Hall–Kier alpha value is -3.17. The van der Waals surface area contributed by atoms with E-state index in [0.29, 0.717) is 41.0 Å². The lowest BCUT2D eigenvalue weighted by Crippen LogP contribution is -2.30. The molecule has 4 rings (SSSR count). The predicted octanol–water partition coefficient (Wildman–Crippen LogP) is 2.92. The summed E-state index contributed by atoms with van der Waals surface area (Å²) in [6.07, 6.45) is 2.35. The average molecular weight is 483 g/mol. The van der Waals surface area contributed by atoms with Gasteiger partial charge in [0.2, 0.25) is 9.84 Å². The van der Waals surface area contributed by atoms with Crippen molar-refractivity contribution in [1.29, 1.82) is 0 Å². The standard InChI is InChI=1S/C25H30N4O4S/c1-27(2)25(30)18-6-11-22-21(16-18)24(29-13-5-12-28(3)14-15-29)23(17-26-22)34(31,32)20-9-7-19(33-4)8-10-20/h6-11,16-17H,5,12-15H2,1-4H3. The minimum atomic E-state index is -3.88. The fourth-order valence-electron chi connectivity index (χ4n) is 4.23. The smallest absolute Gasteiger partial charge is 0.253 e. The average Bonchev–Trinajstić information content (AvgIpc) is 3.06. The molecule has 0 unspecified atom stereocenters. The van der Waals surface area contributed by atoms with E-state index in [2.05, 4.69) is 21.8 Å². The number of nitrogens with zero attached hydrogens (tertiary/aromatic N) is 4. The van der Waals surface area contributed by atoms with Crippen molar-refractivity contribution >= 4 is 32.3 Å². The van der Waals surface area contributed by atoms with Gasteiger partial charge in [-0.2, -0.15) is 0 Å². The second-order valence-corrected chi connectivity index (χ2v) is 10.6. The highest BCUT2D eigenvalue weighted by molar-refractivity contribution is 7.91. The summed E-state index contributed by atoms with van der Waals surface area (Å²) >= 11 is 0. The molecule has 1 aliphatic heterocycles. The monoisotopic (exact) mass is 482 g/mol. The Kier molecular flexibility index (Phi) is 6.77. The summed E-state index contributed by atoms with van der Waals surface area (Å²) in [5, 5.41) is 0.659. The zero-order chi connectivity index (χ0) is 24.5. The van der Waals surface area contributed by atoms with Gasteiger partial charge in [0.25, 0.3) is 5.91 Å². The van der Waals surface area contributed by atoms with Crippen molar-refractivity contribution in [2.24, 2.45) is 0 Å². The first-order chi connectivity index (χ1) is 16.2. The maximum absolute atomic E-state index is 13.8. The first-order valence-electron chi connectivity index (χ1n) is 11.2. The fourth-order valence-corrected chi connectivity index (χ4v) is 5.66. The summed E-state index contributed by atoms with van der Waals surface area (Å²) in [5.41, 5.74) is 1.74. The van der Waals surface area contributed by atoms with Crippen molar-refractivity contribution in [2.75, 3.05) is 59.3 Å². The van der Waals surface area contributed by atoms with Crippen LogP contribution < -0.4 is 9.64 Å². The zero-order valence-electron chi connectivity index (χ0n) is 20.0. The number of sulfone groups is 1. The van der Waals surface area contributed by atoms with E-state index in [0.717, 1.165) is 19.5 Å². The summed E-state index contributed by atoms with van der Waals surface area (Å²) < 4.78 is 32.8. The van der Waals surface area contributed by atoms with Gasteiger partial charge >= 0.3 is 0 Å². The molecule has 0 N–H and O–H groups in total. The molecule has 34 heavy (non-hydrogen) atoms. The van der Waals surface area contributed by atoms with Crippen LogP contribution in [0.1, 0.15) is 16.8 Å². The van der Waals surface area contributed by atoms with Crippen LogP contribution in [-0.4, -0.2) is 83.5 Å². The minimum Gasteiger partial charge on any atom is -0.497 e. The number of fused-ring (bicyclic) bond motifs is 1. The van der Waals surface area contributed by atoms with Crippen LogP contribution in [0.3, 0.4) is 0 Å². The van der Waals surface area contributed by atoms with Gasteiger partial charge in [0.15, 0.2) is 0 Å². The minimum absolute atomic E-state index is 0.143. The number of amides is 1. The van der Waals surface area contributed by atoms with Gasteiger partial charge in [-0.05, 0) is 62.5 Å². The van der Waals surface area contributed by atoms with Crippen LogP contribution in [0.15, 0.2) is 58.5 Å². The van der Waals surface area contributed by atoms with Crippen molar-refractivity contribution in [3.05, 3.63) is 54.2 Å². The number of carbonyl (C=O) groups excluding carboxylic acids is 1. The number of benzene rings is 2. The molecule has 1 amide bonds. The predicted molar refractivity (Wildman–Crippen MR) is 133 cm³/mol. The molecule has 2 aromatic carbocycles. The number of methoxy groups -OCH3 is 1. The van der Waals surface area contributed by atoms with Crippen LogP contribution in [-0.2, 0) is 9.84 Å². The quantitative estimate of drug-likeness (QED) is 0.553. The van der Waals surface area contributed by atoms with Crippen molar-refractivity contribution in [1.82, 2.24) is 14.8 Å². The summed E-state index contributed by atoms with van der Waals surface area (Å²) in [6, 6.07) is 11.6. The van der Waals surface area contributed by atoms with E-state index in [1.54, 1.807) is 56.6 Å². The van der Waals surface area contributed by atoms with Crippen LogP contribution in [0.4, 0.5) is 5.69 Å². The van der Waals surface area contributed by atoms with E-state index >= 15 is 0 Å². The number of hydrogen-bond donors (Lipinski definition) is 0. The van der Waals surface area contributed by atoms with Crippen LogP contribution in [0.2, 0.25) is 0 Å². The summed E-state index contributed by atoms with van der Waals surface area (Å²) in [4.78, 5) is 23.3.